The molecule has 3 N–H and O–H groups in total. The van der Waals surface area contributed by atoms with Crippen LogP contribution in [0.15, 0.2) is 18.2 Å². The molecule has 5 nitrogen and oxygen atoms in total. The molecule has 0 saturated carbocycles. The molecule has 0 saturated heterocycles. The molecule has 1 aromatic rings. The molecule has 18 heavy (non-hydrogen) atoms. The van der Waals surface area contributed by atoms with Crippen molar-refractivity contribution in [2.45, 2.75) is 25.9 Å². The van der Waals surface area contributed by atoms with Gasteiger partial charge >= 0.3 is 0 Å². The minimum atomic E-state index is -0.893. The Morgan fingerprint density at radius 1 is 1.50 bits per heavy atom. The van der Waals surface area contributed by atoms with Crippen molar-refractivity contribution >= 4 is 5.91 Å². The van der Waals surface area contributed by atoms with Gasteiger partial charge in [-0.25, -0.2) is 0 Å². The second-order valence-corrected chi connectivity index (χ2v) is 4.89. The lowest BCUT2D eigenvalue weighted by Gasteiger charge is -2.26. The summed E-state index contributed by atoms with van der Waals surface area (Å²) in [6.45, 7) is 3.75. The summed E-state index contributed by atoms with van der Waals surface area (Å²) in [5.74, 6) is 0.323. The number of nitrogens with zero attached hydrogens (tertiary/aromatic N) is 1. The number of amides is 1. The summed E-state index contributed by atoms with van der Waals surface area (Å²) in [6, 6.07) is 4.98. The Labute approximate surface area is 107 Å². The van der Waals surface area contributed by atoms with Crippen molar-refractivity contribution < 1.29 is 14.6 Å². The van der Waals surface area contributed by atoms with E-state index in [1.165, 1.54) is 7.11 Å². The van der Waals surface area contributed by atoms with E-state index in [0.29, 0.717) is 12.3 Å². The number of carbonyl (C=O) groups excluding carboxylic acids is 1. The van der Waals surface area contributed by atoms with Crippen molar-refractivity contribution in [2.24, 2.45) is 5.73 Å². The summed E-state index contributed by atoms with van der Waals surface area (Å²) in [6.07, 6.45) is 0. The molecule has 0 aliphatic carbocycles. The molecule has 1 amide bonds. The van der Waals surface area contributed by atoms with E-state index < -0.39 is 5.54 Å². The molecule has 0 bridgehead atoms. The highest BCUT2D eigenvalue weighted by Crippen LogP contribution is 2.26. The van der Waals surface area contributed by atoms with E-state index in [-0.39, 0.29) is 11.7 Å². The van der Waals surface area contributed by atoms with E-state index >= 15 is 0 Å². The van der Waals surface area contributed by atoms with Gasteiger partial charge in [-0.2, -0.15) is 0 Å². The van der Waals surface area contributed by atoms with Crippen LogP contribution >= 0.6 is 0 Å². The number of benzene rings is 1. The smallest absolute Gasteiger partial charge is 0.242 e. The van der Waals surface area contributed by atoms with E-state index in [1.54, 1.807) is 44.0 Å². The molecule has 0 spiro atoms. The van der Waals surface area contributed by atoms with Crippen LogP contribution in [-0.2, 0) is 11.3 Å². The van der Waals surface area contributed by atoms with Gasteiger partial charge in [0.1, 0.15) is 0 Å². The molecule has 0 heterocycles. The van der Waals surface area contributed by atoms with Crippen LogP contribution in [0.4, 0.5) is 0 Å². The normalized spacial score (nSPS) is 11.2. The molecule has 1 aromatic carbocycles. The number of phenols is 1. The first-order valence-electron chi connectivity index (χ1n) is 5.66. The van der Waals surface area contributed by atoms with Gasteiger partial charge in [0.2, 0.25) is 5.91 Å². The summed E-state index contributed by atoms with van der Waals surface area (Å²) in [5.41, 5.74) is 5.73. The van der Waals surface area contributed by atoms with E-state index in [9.17, 15) is 9.90 Å². The van der Waals surface area contributed by atoms with Crippen LogP contribution in [0.5, 0.6) is 11.5 Å². The maximum atomic E-state index is 11.9. The summed E-state index contributed by atoms with van der Waals surface area (Å²) >= 11 is 0. The molecule has 0 aromatic heterocycles. The number of likely N-dealkylation sites (N-methyl/N-ethyl adjacent to an activating group) is 1. The van der Waals surface area contributed by atoms with Gasteiger partial charge in [0.05, 0.1) is 12.6 Å². The van der Waals surface area contributed by atoms with Gasteiger partial charge in [0, 0.05) is 13.6 Å². The number of phenolic OH excluding ortho intramolecular Hbond substituents is 1. The van der Waals surface area contributed by atoms with Crippen molar-refractivity contribution in [3.8, 4) is 11.5 Å². The molecule has 0 fully saturated rings. The second-order valence-electron chi connectivity index (χ2n) is 4.89. The second kappa shape index (κ2) is 5.27. The predicted molar refractivity (Wildman–Crippen MR) is 69.4 cm³/mol. The van der Waals surface area contributed by atoms with Crippen LogP contribution in [0.1, 0.15) is 19.4 Å². The van der Waals surface area contributed by atoms with E-state index in [2.05, 4.69) is 0 Å². The highest BCUT2D eigenvalue weighted by molar-refractivity contribution is 5.84. The van der Waals surface area contributed by atoms with Gasteiger partial charge in [0.15, 0.2) is 11.5 Å². The lowest BCUT2D eigenvalue weighted by atomic mass is 10.1. The first-order valence-corrected chi connectivity index (χ1v) is 5.66. The Balaban J connectivity index is 2.82. The van der Waals surface area contributed by atoms with Crippen LogP contribution in [0.3, 0.4) is 0 Å². The number of methoxy groups -OCH3 is 1. The largest absolute Gasteiger partial charge is 0.504 e. The first kappa shape index (κ1) is 14.3. The fourth-order valence-corrected chi connectivity index (χ4v) is 1.66. The Kier molecular flexibility index (Phi) is 4.19. The predicted octanol–water partition coefficient (Wildman–Crippen LogP) is 1.10. The molecule has 0 atom stereocenters. The monoisotopic (exact) mass is 252 g/mol. The van der Waals surface area contributed by atoms with Crippen molar-refractivity contribution in [3.63, 3.8) is 0 Å². The molecule has 100 valence electrons. The summed E-state index contributed by atoms with van der Waals surface area (Å²) < 4.78 is 5.02. The molecule has 0 aliphatic heterocycles. The number of carbonyl (C=O) groups is 1. The first-order chi connectivity index (χ1) is 8.25. The summed E-state index contributed by atoms with van der Waals surface area (Å²) in [5, 5.41) is 9.48. The summed E-state index contributed by atoms with van der Waals surface area (Å²) in [4.78, 5) is 13.5. The van der Waals surface area contributed by atoms with Crippen molar-refractivity contribution in [2.75, 3.05) is 14.2 Å². The number of ether oxygens (including phenoxy) is 1. The van der Waals surface area contributed by atoms with Crippen molar-refractivity contribution in [1.29, 1.82) is 0 Å². The highest BCUT2D eigenvalue weighted by atomic mass is 16.5. The van der Waals surface area contributed by atoms with E-state index in [4.69, 9.17) is 10.5 Å². The highest BCUT2D eigenvalue weighted by Gasteiger charge is 2.25. The van der Waals surface area contributed by atoms with Gasteiger partial charge in [-0.1, -0.05) is 6.07 Å². The van der Waals surface area contributed by atoms with E-state index in [0.717, 1.165) is 5.56 Å². The summed E-state index contributed by atoms with van der Waals surface area (Å²) in [7, 11) is 3.17. The molecular weight excluding hydrogens is 232 g/mol. The van der Waals surface area contributed by atoms with Crippen molar-refractivity contribution in [3.05, 3.63) is 23.8 Å². The molecule has 5 heteroatoms. The number of hydrogen-bond acceptors (Lipinski definition) is 4. The zero-order valence-electron chi connectivity index (χ0n) is 11.2. The molecule has 0 aliphatic rings. The minimum Gasteiger partial charge on any atom is -0.504 e. The standard InChI is InChI=1S/C13H20N2O3/c1-13(2,14)12(17)15(3)8-9-5-6-10(16)11(7-9)18-4/h5-7,16H,8,14H2,1-4H3. The number of aromatic hydroxyl groups is 1. The average Bonchev–Trinajstić information content (AvgIpc) is 2.29. The quantitative estimate of drug-likeness (QED) is 0.841. The average molecular weight is 252 g/mol. The molecule has 0 unspecified atom stereocenters. The molecule has 1 rings (SSSR count). The van der Waals surface area contributed by atoms with Crippen LogP contribution in [-0.4, -0.2) is 35.6 Å². The zero-order valence-corrected chi connectivity index (χ0v) is 11.2. The Morgan fingerprint density at radius 3 is 2.61 bits per heavy atom. The number of hydrogen-bond donors (Lipinski definition) is 2. The molecule has 0 radical (unpaired) electrons. The van der Waals surface area contributed by atoms with Gasteiger partial charge in [-0.15, -0.1) is 0 Å². The third-order valence-corrected chi connectivity index (χ3v) is 2.56. The lowest BCUT2D eigenvalue weighted by Crippen LogP contribution is -2.49. The van der Waals surface area contributed by atoms with Crippen LogP contribution in [0, 0.1) is 0 Å². The minimum absolute atomic E-state index is 0.0781. The Bertz CT molecular complexity index is 438. The Hall–Kier alpha value is -1.75. The van der Waals surface area contributed by atoms with Gasteiger partial charge in [0.25, 0.3) is 0 Å². The maximum Gasteiger partial charge on any atom is 0.242 e. The zero-order chi connectivity index (χ0) is 13.9. The SMILES string of the molecule is COc1cc(CN(C)C(=O)C(C)(C)N)ccc1O. The van der Waals surface area contributed by atoms with Crippen molar-refractivity contribution in [1.82, 2.24) is 4.90 Å². The van der Waals surface area contributed by atoms with Gasteiger partial charge in [-0.3, -0.25) is 4.79 Å². The number of nitrogens with two attached hydrogens (primary N) is 1. The fraction of sp³-hybridized carbons (Fsp3) is 0.462. The lowest BCUT2D eigenvalue weighted by molar-refractivity contribution is -0.135. The van der Waals surface area contributed by atoms with E-state index in [1.807, 2.05) is 0 Å². The van der Waals surface area contributed by atoms with Crippen LogP contribution in [0.25, 0.3) is 0 Å². The van der Waals surface area contributed by atoms with Crippen LogP contribution < -0.4 is 10.5 Å². The third kappa shape index (κ3) is 3.37. The Morgan fingerprint density at radius 2 is 2.11 bits per heavy atom. The third-order valence-electron chi connectivity index (χ3n) is 2.56. The maximum absolute atomic E-state index is 11.9. The van der Waals surface area contributed by atoms with Gasteiger partial charge < -0.3 is 20.5 Å². The topological polar surface area (TPSA) is 75.8 Å². The molecular formula is C13H20N2O3. The fourth-order valence-electron chi connectivity index (χ4n) is 1.66. The van der Waals surface area contributed by atoms with Gasteiger partial charge in [-0.05, 0) is 31.5 Å². The van der Waals surface area contributed by atoms with Crippen LogP contribution in [0.2, 0.25) is 0 Å². The number of rotatable bonds is 4.